The standard InChI is InChI=1S/C18H22N4O2S/c1-11(2)18(24)20-15-7-8-17(22-21-15)25-10-16(23)19-14-6-5-12(3)9-13(14)4/h5-9,11H,10H2,1-4H3,(H,19,23)(H,20,21,24). The van der Waals surface area contributed by atoms with Gasteiger partial charge in [-0.05, 0) is 37.6 Å². The molecule has 0 fully saturated rings. The van der Waals surface area contributed by atoms with Crippen LogP contribution in [-0.2, 0) is 9.59 Å². The van der Waals surface area contributed by atoms with Crippen molar-refractivity contribution in [3.8, 4) is 0 Å². The summed E-state index contributed by atoms with van der Waals surface area (Å²) in [5, 5.41) is 14.2. The Labute approximate surface area is 151 Å². The summed E-state index contributed by atoms with van der Waals surface area (Å²) in [7, 11) is 0. The van der Waals surface area contributed by atoms with Crippen molar-refractivity contribution in [2.45, 2.75) is 32.7 Å². The highest BCUT2D eigenvalue weighted by atomic mass is 32.2. The maximum atomic E-state index is 12.1. The van der Waals surface area contributed by atoms with Gasteiger partial charge in [0.1, 0.15) is 5.03 Å². The van der Waals surface area contributed by atoms with E-state index in [1.807, 2.05) is 32.0 Å². The molecule has 0 aliphatic heterocycles. The van der Waals surface area contributed by atoms with Gasteiger partial charge in [0, 0.05) is 11.6 Å². The van der Waals surface area contributed by atoms with Gasteiger partial charge in [0.15, 0.2) is 5.82 Å². The fourth-order valence-corrected chi connectivity index (χ4v) is 2.63. The van der Waals surface area contributed by atoms with E-state index in [4.69, 9.17) is 0 Å². The molecule has 0 saturated heterocycles. The number of nitrogens with one attached hydrogen (secondary N) is 2. The summed E-state index contributed by atoms with van der Waals surface area (Å²) in [6.07, 6.45) is 0. The maximum Gasteiger partial charge on any atom is 0.234 e. The molecule has 1 aromatic heterocycles. The molecule has 2 amide bonds. The lowest BCUT2D eigenvalue weighted by Crippen LogP contribution is -2.18. The normalized spacial score (nSPS) is 10.6. The lowest BCUT2D eigenvalue weighted by molar-refractivity contribution is -0.119. The van der Waals surface area contributed by atoms with Crippen molar-refractivity contribution >= 4 is 35.1 Å². The Kier molecular flexibility index (Phi) is 6.52. The minimum Gasteiger partial charge on any atom is -0.325 e. The van der Waals surface area contributed by atoms with Crippen LogP contribution in [0.3, 0.4) is 0 Å². The Morgan fingerprint density at radius 3 is 2.44 bits per heavy atom. The molecule has 7 heteroatoms. The van der Waals surface area contributed by atoms with Gasteiger partial charge in [-0.2, -0.15) is 0 Å². The van der Waals surface area contributed by atoms with Crippen LogP contribution in [0.5, 0.6) is 0 Å². The number of carbonyl (C=O) groups is 2. The summed E-state index contributed by atoms with van der Waals surface area (Å²) < 4.78 is 0. The first-order chi connectivity index (χ1) is 11.8. The van der Waals surface area contributed by atoms with Gasteiger partial charge < -0.3 is 10.6 Å². The van der Waals surface area contributed by atoms with Crippen LogP contribution < -0.4 is 10.6 Å². The third-order valence-electron chi connectivity index (χ3n) is 3.42. The molecular weight excluding hydrogens is 336 g/mol. The largest absolute Gasteiger partial charge is 0.325 e. The number of rotatable bonds is 6. The number of hydrogen-bond acceptors (Lipinski definition) is 5. The van der Waals surface area contributed by atoms with Crippen LogP contribution in [0.4, 0.5) is 11.5 Å². The fourth-order valence-electron chi connectivity index (χ4n) is 2.01. The lowest BCUT2D eigenvalue weighted by atomic mass is 10.1. The molecule has 0 aliphatic carbocycles. The second-order valence-corrected chi connectivity index (χ2v) is 7.05. The highest BCUT2D eigenvalue weighted by Gasteiger charge is 2.10. The Morgan fingerprint density at radius 2 is 1.84 bits per heavy atom. The van der Waals surface area contributed by atoms with Crippen molar-refractivity contribution in [1.82, 2.24) is 10.2 Å². The Balaban J connectivity index is 1.86. The first-order valence-electron chi connectivity index (χ1n) is 7.99. The third kappa shape index (κ3) is 5.86. The molecule has 0 atom stereocenters. The summed E-state index contributed by atoms with van der Waals surface area (Å²) in [5.74, 6) is 0.311. The number of carbonyl (C=O) groups excluding carboxylic acids is 2. The zero-order valence-corrected chi connectivity index (χ0v) is 15.6. The predicted octanol–water partition coefficient (Wildman–Crippen LogP) is 3.42. The second-order valence-electron chi connectivity index (χ2n) is 6.06. The van der Waals surface area contributed by atoms with Crippen molar-refractivity contribution in [2.24, 2.45) is 5.92 Å². The van der Waals surface area contributed by atoms with E-state index in [0.29, 0.717) is 10.8 Å². The number of amides is 2. The Morgan fingerprint density at radius 1 is 1.08 bits per heavy atom. The van der Waals surface area contributed by atoms with Crippen LogP contribution in [0.15, 0.2) is 35.4 Å². The molecule has 132 valence electrons. The molecular formula is C18H22N4O2S. The number of benzene rings is 1. The summed E-state index contributed by atoms with van der Waals surface area (Å²) in [6.45, 7) is 7.59. The number of aromatic nitrogens is 2. The smallest absolute Gasteiger partial charge is 0.234 e. The molecule has 0 aliphatic rings. The van der Waals surface area contributed by atoms with E-state index in [9.17, 15) is 9.59 Å². The number of nitrogens with zero attached hydrogens (tertiary/aromatic N) is 2. The van der Waals surface area contributed by atoms with Crippen molar-refractivity contribution in [3.63, 3.8) is 0 Å². The van der Waals surface area contributed by atoms with Crippen molar-refractivity contribution in [1.29, 1.82) is 0 Å². The van der Waals surface area contributed by atoms with Gasteiger partial charge in [-0.15, -0.1) is 10.2 Å². The fraction of sp³-hybridized carbons (Fsp3) is 0.333. The van der Waals surface area contributed by atoms with E-state index >= 15 is 0 Å². The molecule has 0 unspecified atom stereocenters. The average molecular weight is 358 g/mol. The SMILES string of the molecule is Cc1ccc(NC(=O)CSc2ccc(NC(=O)C(C)C)nn2)c(C)c1. The Bertz CT molecular complexity index is 760. The van der Waals surface area contributed by atoms with Crippen molar-refractivity contribution in [3.05, 3.63) is 41.5 Å². The highest BCUT2D eigenvalue weighted by molar-refractivity contribution is 7.99. The molecule has 25 heavy (non-hydrogen) atoms. The monoisotopic (exact) mass is 358 g/mol. The van der Waals surface area contributed by atoms with E-state index in [-0.39, 0.29) is 23.5 Å². The van der Waals surface area contributed by atoms with E-state index < -0.39 is 0 Å². The van der Waals surface area contributed by atoms with Crippen LogP contribution in [0.1, 0.15) is 25.0 Å². The molecule has 0 bridgehead atoms. The van der Waals surface area contributed by atoms with E-state index in [1.165, 1.54) is 11.8 Å². The quantitative estimate of drug-likeness (QED) is 0.773. The first kappa shape index (κ1) is 18.9. The Hall–Kier alpha value is -2.41. The van der Waals surface area contributed by atoms with Crippen molar-refractivity contribution < 1.29 is 9.59 Å². The van der Waals surface area contributed by atoms with Crippen LogP contribution in [0.25, 0.3) is 0 Å². The molecule has 0 radical (unpaired) electrons. The lowest BCUT2D eigenvalue weighted by Gasteiger charge is -2.09. The highest BCUT2D eigenvalue weighted by Crippen LogP contribution is 2.19. The number of anilines is 2. The molecule has 2 rings (SSSR count). The van der Waals surface area contributed by atoms with Crippen molar-refractivity contribution in [2.75, 3.05) is 16.4 Å². The van der Waals surface area contributed by atoms with Gasteiger partial charge in [0.2, 0.25) is 11.8 Å². The minimum atomic E-state index is -0.121. The molecule has 0 spiro atoms. The molecule has 1 aromatic carbocycles. The van der Waals surface area contributed by atoms with Gasteiger partial charge >= 0.3 is 0 Å². The first-order valence-corrected chi connectivity index (χ1v) is 8.98. The summed E-state index contributed by atoms with van der Waals surface area (Å²) in [4.78, 5) is 23.7. The third-order valence-corrected chi connectivity index (χ3v) is 4.34. The number of aryl methyl sites for hydroxylation is 2. The molecule has 2 aromatic rings. The summed E-state index contributed by atoms with van der Waals surface area (Å²) in [5.41, 5.74) is 3.00. The van der Waals surface area contributed by atoms with Gasteiger partial charge in [0.25, 0.3) is 0 Å². The van der Waals surface area contributed by atoms with Crippen LogP contribution in [0, 0.1) is 19.8 Å². The van der Waals surface area contributed by atoms with E-state index in [2.05, 4.69) is 20.8 Å². The van der Waals surface area contributed by atoms with Crippen LogP contribution in [-0.4, -0.2) is 27.8 Å². The number of hydrogen-bond donors (Lipinski definition) is 2. The van der Waals surface area contributed by atoms with Gasteiger partial charge in [-0.25, -0.2) is 0 Å². The summed E-state index contributed by atoms with van der Waals surface area (Å²) in [6, 6.07) is 9.30. The van der Waals surface area contributed by atoms with Crippen LogP contribution in [0.2, 0.25) is 0 Å². The maximum absolute atomic E-state index is 12.1. The molecule has 2 N–H and O–H groups in total. The second kappa shape index (κ2) is 8.62. The predicted molar refractivity (Wildman–Crippen MR) is 101 cm³/mol. The van der Waals surface area contributed by atoms with Gasteiger partial charge in [-0.3, -0.25) is 9.59 Å². The molecule has 6 nitrogen and oxygen atoms in total. The van der Waals surface area contributed by atoms with Crippen LogP contribution >= 0.6 is 11.8 Å². The minimum absolute atomic E-state index is 0.101. The zero-order valence-electron chi connectivity index (χ0n) is 14.8. The summed E-state index contributed by atoms with van der Waals surface area (Å²) >= 11 is 1.29. The topological polar surface area (TPSA) is 84.0 Å². The van der Waals surface area contributed by atoms with E-state index in [0.717, 1.165) is 16.8 Å². The number of thioether (sulfide) groups is 1. The van der Waals surface area contributed by atoms with Gasteiger partial charge in [0.05, 0.1) is 5.75 Å². The molecule has 0 saturated carbocycles. The van der Waals surface area contributed by atoms with Gasteiger partial charge in [-0.1, -0.05) is 43.3 Å². The van der Waals surface area contributed by atoms with E-state index in [1.54, 1.807) is 26.0 Å². The molecule has 1 heterocycles. The zero-order chi connectivity index (χ0) is 18.4. The average Bonchev–Trinajstić information content (AvgIpc) is 2.56.